The lowest BCUT2D eigenvalue weighted by Gasteiger charge is -2.25. The van der Waals surface area contributed by atoms with Crippen LogP contribution in [0.1, 0.15) is 48.8 Å². The van der Waals surface area contributed by atoms with Gasteiger partial charge in [0.1, 0.15) is 11.9 Å². The summed E-state index contributed by atoms with van der Waals surface area (Å²) in [6, 6.07) is 3.86. The SMILES string of the molecule is CN=C(NCC(O)c1ccc(Cl)s1)NC1CCc2nc(C(C)C)nn2C1.I. The second kappa shape index (κ2) is 10.0. The van der Waals surface area contributed by atoms with Crippen LogP contribution in [-0.4, -0.2) is 45.5 Å². The number of guanidine groups is 1. The van der Waals surface area contributed by atoms with Crippen LogP contribution in [-0.2, 0) is 13.0 Å². The molecule has 0 saturated carbocycles. The summed E-state index contributed by atoms with van der Waals surface area (Å²) in [6.07, 6.45) is 1.25. The monoisotopic (exact) mass is 524 g/mol. The van der Waals surface area contributed by atoms with Gasteiger partial charge in [0, 0.05) is 36.9 Å². The van der Waals surface area contributed by atoms with Crippen LogP contribution in [0, 0.1) is 0 Å². The molecule has 3 heterocycles. The number of aliphatic imine (C=N–C) groups is 1. The largest absolute Gasteiger partial charge is 0.386 e. The Morgan fingerprint density at radius 2 is 2.26 bits per heavy atom. The van der Waals surface area contributed by atoms with Gasteiger partial charge in [-0.25, -0.2) is 9.67 Å². The van der Waals surface area contributed by atoms with Gasteiger partial charge < -0.3 is 15.7 Å². The van der Waals surface area contributed by atoms with E-state index in [9.17, 15) is 5.11 Å². The molecule has 1 aliphatic rings. The molecule has 0 spiro atoms. The highest BCUT2D eigenvalue weighted by atomic mass is 127. The van der Waals surface area contributed by atoms with Crippen molar-refractivity contribution >= 4 is 52.9 Å². The van der Waals surface area contributed by atoms with Crippen molar-refractivity contribution in [2.24, 2.45) is 4.99 Å². The molecule has 3 rings (SSSR count). The Morgan fingerprint density at radius 1 is 1.48 bits per heavy atom. The van der Waals surface area contributed by atoms with Gasteiger partial charge in [0.2, 0.25) is 0 Å². The first-order valence-corrected chi connectivity index (χ1v) is 9.99. The molecule has 0 amide bonds. The Bertz CT molecular complexity index is 777. The topological polar surface area (TPSA) is 87.4 Å². The van der Waals surface area contributed by atoms with E-state index in [1.807, 2.05) is 10.7 Å². The van der Waals surface area contributed by atoms with Crippen molar-refractivity contribution in [2.75, 3.05) is 13.6 Å². The number of thiophene rings is 1. The Morgan fingerprint density at radius 3 is 2.89 bits per heavy atom. The molecule has 150 valence electrons. The third kappa shape index (κ3) is 5.78. The van der Waals surface area contributed by atoms with Crippen molar-refractivity contribution in [1.82, 2.24) is 25.4 Å². The van der Waals surface area contributed by atoms with Crippen LogP contribution < -0.4 is 10.6 Å². The maximum atomic E-state index is 10.3. The van der Waals surface area contributed by atoms with Crippen molar-refractivity contribution in [2.45, 2.75) is 51.3 Å². The van der Waals surface area contributed by atoms with E-state index in [1.165, 1.54) is 11.3 Å². The molecule has 0 radical (unpaired) electrons. The number of aryl methyl sites for hydroxylation is 1. The van der Waals surface area contributed by atoms with Crippen molar-refractivity contribution in [3.63, 3.8) is 0 Å². The lowest BCUT2D eigenvalue weighted by Crippen LogP contribution is -2.47. The average Bonchev–Trinajstić information content (AvgIpc) is 3.24. The van der Waals surface area contributed by atoms with E-state index < -0.39 is 6.10 Å². The summed E-state index contributed by atoms with van der Waals surface area (Å²) in [5, 5.41) is 21.4. The predicted octanol–water partition coefficient (Wildman–Crippen LogP) is 2.95. The summed E-state index contributed by atoms with van der Waals surface area (Å²) in [4.78, 5) is 9.71. The summed E-state index contributed by atoms with van der Waals surface area (Å²) in [5.41, 5.74) is 0. The number of aromatic nitrogens is 3. The van der Waals surface area contributed by atoms with Gasteiger partial charge in [-0.2, -0.15) is 5.10 Å². The Hall–Kier alpha value is -0.910. The lowest BCUT2D eigenvalue weighted by atomic mass is 10.1. The number of nitrogens with zero attached hydrogens (tertiary/aromatic N) is 4. The van der Waals surface area contributed by atoms with Gasteiger partial charge in [0.15, 0.2) is 11.8 Å². The van der Waals surface area contributed by atoms with Crippen LogP contribution in [0.15, 0.2) is 17.1 Å². The third-order valence-corrected chi connectivity index (χ3v) is 5.67. The summed E-state index contributed by atoms with van der Waals surface area (Å²) >= 11 is 7.31. The molecular weight excluding hydrogens is 499 g/mol. The molecular formula is C17H26ClIN6OS. The molecule has 27 heavy (non-hydrogen) atoms. The number of halogens is 2. The van der Waals surface area contributed by atoms with Gasteiger partial charge in [-0.3, -0.25) is 4.99 Å². The maximum Gasteiger partial charge on any atom is 0.191 e. The third-order valence-electron chi connectivity index (χ3n) is 4.34. The fourth-order valence-electron chi connectivity index (χ4n) is 2.88. The van der Waals surface area contributed by atoms with Crippen LogP contribution in [0.3, 0.4) is 0 Å². The van der Waals surface area contributed by atoms with Gasteiger partial charge in [-0.1, -0.05) is 25.4 Å². The van der Waals surface area contributed by atoms with Crippen LogP contribution in [0.25, 0.3) is 0 Å². The lowest BCUT2D eigenvalue weighted by molar-refractivity contribution is 0.184. The molecule has 1 aliphatic heterocycles. The van der Waals surface area contributed by atoms with Crippen LogP contribution in [0.5, 0.6) is 0 Å². The zero-order chi connectivity index (χ0) is 18.7. The fraction of sp³-hybridized carbons (Fsp3) is 0.588. The van der Waals surface area contributed by atoms with Crippen LogP contribution >= 0.6 is 46.9 Å². The molecule has 2 atom stereocenters. The number of hydrogen-bond acceptors (Lipinski definition) is 5. The molecule has 7 nitrogen and oxygen atoms in total. The molecule has 0 fully saturated rings. The first-order chi connectivity index (χ1) is 12.5. The average molecular weight is 525 g/mol. The van der Waals surface area contributed by atoms with E-state index in [-0.39, 0.29) is 30.0 Å². The highest BCUT2D eigenvalue weighted by Crippen LogP contribution is 2.26. The minimum Gasteiger partial charge on any atom is -0.386 e. The van der Waals surface area contributed by atoms with Crippen molar-refractivity contribution < 1.29 is 5.11 Å². The highest BCUT2D eigenvalue weighted by molar-refractivity contribution is 14.0. The minimum atomic E-state index is -0.618. The summed E-state index contributed by atoms with van der Waals surface area (Å²) < 4.78 is 2.67. The van der Waals surface area contributed by atoms with E-state index in [1.54, 1.807) is 13.1 Å². The second-order valence-electron chi connectivity index (χ2n) is 6.71. The molecule has 0 saturated heterocycles. The molecule has 2 unspecified atom stereocenters. The molecule has 2 aromatic rings. The summed E-state index contributed by atoms with van der Waals surface area (Å²) in [7, 11) is 1.73. The fourth-order valence-corrected chi connectivity index (χ4v) is 3.93. The normalized spacial score (nSPS) is 18.0. The van der Waals surface area contributed by atoms with E-state index in [0.29, 0.717) is 22.8 Å². The Balaban J connectivity index is 0.00000261. The van der Waals surface area contributed by atoms with Gasteiger partial charge in [-0.05, 0) is 18.6 Å². The number of hydrogen-bond donors (Lipinski definition) is 3. The molecule has 3 N–H and O–H groups in total. The van der Waals surface area contributed by atoms with Crippen LogP contribution in [0.4, 0.5) is 0 Å². The number of nitrogens with one attached hydrogen (secondary N) is 2. The van der Waals surface area contributed by atoms with Gasteiger partial charge in [0.25, 0.3) is 0 Å². The Kier molecular flexibility index (Phi) is 8.32. The van der Waals surface area contributed by atoms with Crippen molar-refractivity contribution in [1.29, 1.82) is 0 Å². The standard InChI is InChI=1S/C17H25ClN6OS.HI/c1-10(2)16-22-15-7-4-11(9-24(15)23-16)21-17(19-3)20-8-12(25)13-5-6-14(18)26-13;/h5-6,10-12,25H,4,7-9H2,1-3H3,(H2,19,20,21);1H. The van der Waals surface area contributed by atoms with Gasteiger partial charge in [0.05, 0.1) is 10.9 Å². The molecule has 2 aromatic heterocycles. The van der Waals surface area contributed by atoms with E-state index in [2.05, 4.69) is 39.6 Å². The number of aliphatic hydroxyl groups is 1. The van der Waals surface area contributed by atoms with Crippen molar-refractivity contribution in [3.05, 3.63) is 33.0 Å². The number of fused-ring (bicyclic) bond motifs is 1. The predicted molar refractivity (Wildman–Crippen MR) is 120 cm³/mol. The summed E-state index contributed by atoms with van der Waals surface area (Å²) in [6.45, 7) is 5.35. The number of aliphatic hydroxyl groups excluding tert-OH is 1. The highest BCUT2D eigenvalue weighted by Gasteiger charge is 2.23. The van der Waals surface area contributed by atoms with Gasteiger partial charge in [-0.15, -0.1) is 35.3 Å². The van der Waals surface area contributed by atoms with Crippen LogP contribution in [0.2, 0.25) is 4.34 Å². The quantitative estimate of drug-likeness (QED) is 0.318. The molecule has 0 aliphatic carbocycles. The van der Waals surface area contributed by atoms with E-state index in [0.717, 1.165) is 35.9 Å². The Labute approximate surface area is 185 Å². The van der Waals surface area contributed by atoms with E-state index in [4.69, 9.17) is 11.6 Å². The summed E-state index contributed by atoms with van der Waals surface area (Å²) in [5.74, 6) is 2.96. The zero-order valence-corrected chi connectivity index (χ0v) is 19.5. The van der Waals surface area contributed by atoms with Crippen molar-refractivity contribution in [3.8, 4) is 0 Å². The molecule has 0 bridgehead atoms. The smallest absolute Gasteiger partial charge is 0.191 e. The first kappa shape index (κ1) is 22.4. The second-order valence-corrected chi connectivity index (χ2v) is 8.46. The minimum absolute atomic E-state index is 0. The first-order valence-electron chi connectivity index (χ1n) is 8.80. The van der Waals surface area contributed by atoms with E-state index >= 15 is 0 Å². The number of rotatable bonds is 5. The molecule has 0 aromatic carbocycles. The molecule has 10 heteroatoms. The maximum absolute atomic E-state index is 10.3. The van der Waals surface area contributed by atoms with Gasteiger partial charge >= 0.3 is 0 Å². The zero-order valence-electron chi connectivity index (χ0n) is 15.6.